The normalized spacial score (nSPS) is 14.4. The van der Waals surface area contributed by atoms with Gasteiger partial charge in [0.15, 0.2) is 0 Å². The molecule has 1 heterocycles. The summed E-state index contributed by atoms with van der Waals surface area (Å²) < 4.78 is 12.9. The van der Waals surface area contributed by atoms with Gasteiger partial charge in [0, 0.05) is 43.4 Å². The van der Waals surface area contributed by atoms with Crippen molar-refractivity contribution in [2.24, 2.45) is 0 Å². The fourth-order valence-electron chi connectivity index (χ4n) is 3.15. The highest BCUT2D eigenvalue weighted by Crippen LogP contribution is 2.25. The van der Waals surface area contributed by atoms with Crippen LogP contribution in [0.3, 0.4) is 0 Å². The van der Waals surface area contributed by atoms with Crippen molar-refractivity contribution in [2.45, 2.75) is 13.3 Å². The lowest BCUT2D eigenvalue weighted by Crippen LogP contribution is -2.52. The molecular weight excluding hydrogens is 353 g/mol. The molecule has 0 unspecified atom stereocenters. The minimum Gasteiger partial charge on any atom is -0.368 e. The van der Waals surface area contributed by atoms with Gasteiger partial charge in [-0.1, -0.05) is 29.8 Å². The molecule has 0 radical (unpaired) electrons. The Hall–Kier alpha value is -2.27. The van der Waals surface area contributed by atoms with E-state index in [0.29, 0.717) is 26.1 Å². The van der Waals surface area contributed by atoms with Gasteiger partial charge in [0.25, 0.3) is 0 Å². The largest absolute Gasteiger partial charge is 0.368 e. The summed E-state index contributed by atoms with van der Waals surface area (Å²) in [5.74, 6) is -0.245. The SMILES string of the molecule is Cc1ccc(Cl)cc1N1CCN(C(=O)NCCc2ccc(F)cc2)CC1. The molecule has 0 aromatic heterocycles. The fourth-order valence-corrected chi connectivity index (χ4v) is 3.32. The van der Waals surface area contributed by atoms with Gasteiger partial charge < -0.3 is 15.1 Å². The van der Waals surface area contributed by atoms with Gasteiger partial charge in [-0.2, -0.15) is 0 Å². The number of amides is 2. The molecule has 2 aromatic carbocycles. The number of nitrogens with zero attached hydrogens (tertiary/aromatic N) is 2. The molecule has 1 saturated heterocycles. The predicted molar refractivity (Wildman–Crippen MR) is 103 cm³/mol. The molecular formula is C20H23ClFN3O. The minimum atomic E-state index is -0.245. The minimum absolute atomic E-state index is 0.0467. The van der Waals surface area contributed by atoms with Crippen molar-refractivity contribution in [3.05, 3.63) is 64.4 Å². The van der Waals surface area contributed by atoms with E-state index >= 15 is 0 Å². The number of anilines is 1. The third kappa shape index (κ3) is 4.67. The molecule has 1 fully saturated rings. The topological polar surface area (TPSA) is 35.6 Å². The number of hydrogen-bond acceptors (Lipinski definition) is 2. The molecule has 0 bridgehead atoms. The van der Waals surface area contributed by atoms with Gasteiger partial charge in [-0.15, -0.1) is 0 Å². The Balaban J connectivity index is 1.46. The van der Waals surface area contributed by atoms with Crippen LogP contribution in [0.1, 0.15) is 11.1 Å². The van der Waals surface area contributed by atoms with Crippen molar-refractivity contribution in [3.63, 3.8) is 0 Å². The van der Waals surface area contributed by atoms with Crippen LogP contribution in [0.2, 0.25) is 5.02 Å². The molecule has 1 aliphatic rings. The fraction of sp³-hybridized carbons (Fsp3) is 0.350. The van der Waals surface area contributed by atoms with Crippen LogP contribution in [0.5, 0.6) is 0 Å². The molecule has 4 nitrogen and oxygen atoms in total. The molecule has 2 amide bonds. The second kappa shape index (κ2) is 8.41. The molecule has 0 aliphatic carbocycles. The molecule has 1 N–H and O–H groups in total. The quantitative estimate of drug-likeness (QED) is 0.880. The molecule has 6 heteroatoms. The molecule has 0 saturated carbocycles. The summed E-state index contributed by atoms with van der Waals surface area (Å²) >= 11 is 6.11. The van der Waals surface area contributed by atoms with E-state index in [1.54, 1.807) is 12.1 Å². The average molecular weight is 376 g/mol. The van der Waals surface area contributed by atoms with Crippen molar-refractivity contribution in [2.75, 3.05) is 37.6 Å². The summed E-state index contributed by atoms with van der Waals surface area (Å²) in [7, 11) is 0. The molecule has 0 atom stereocenters. The van der Waals surface area contributed by atoms with Crippen LogP contribution in [0, 0.1) is 12.7 Å². The van der Waals surface area contributed by atoms with E-state index in [4.69, 9.17) is 11.6 Å². The first-order valence-corrected chi connectivity index (χ1v) is 9.19. The second-order valence-electron chi connectivity index (χ2n) is 6.51. The van der Waals surface area contributed by atoms with E-state index in [-0.39, 0.29) is 11.8 Å². The summed E-state index contributed by atoms with van der Waals surface area (Å²) in [5.41, 5.74) is 3.33. The van der Waals surface area contributed by atoms with Crippen molar-refractivity contribution in [1.82, 2.24) is 10.2 Å². The van der Waals surface area contributed by atoms with E-state index in [0.717, 1.165) is 29.4 Å². The zero-order valence-electron chi connectivity index (χ0n) is 14.8. The highest BCUT2D eigenvalue weighted by molar-refractivity contribution is 6.30. The first-order chi connectivity index (χ1) is 12.5. The second-order valence-corrected chi connectivity index (χ2v) is 6.95. The monoisotopic (exact) mass is 375 g/mol. The summed E-state index contributed by atoms with van der Waals surface area (Å²) in [6.07, 6.45) is 0.688. The van der Waals surface area contributed by atoms with Crippen LogP contribution >= 0.6 is 11.6 Å². The standard InChI is InChI=1S/C20H23ClFN3O/c1-15-2-5-17(21)14-19(15)24-10-12-25(13-11-24)20(26)23-9-8-16-3-6-18(22)7-4-16/h2-7,14H,8-13H2,1H3,(H,23,26). The van der Waals surface area contributed by atoms with E-state index in [9.17, 15) is 9.18 Å². The van der Waals surface area contributed by atoms with E-state index in [1.807, 2.05) is 23.1 Å². The lowest BCUT2D eigenvalue weighted by Gasteiger charge is -2.36. The van der Waals surface area contributed by atoms with Crippen LogP contribution in [-0.4, -0.2) is 43.7 Å². The van der Waals surface area contributed by atoms with E-state index < -0.39 is 0 Å². The number of urea groups is 1. The summed E-state index contributed by atoms with van der Waals surface area (Å²) in [4.78, 5) is 16.4. The first kappa shape index (κ1) is 18.5. The number of aryl methyl sites for hydroxylation is 1. The van der Waals surface area contributed by atoms with Crippen LogP contribution < -0.4 is 10.2 Å². The van der Waals surface area contributed by atoms with Crippen molar-refractivity contribution < 1.29 is 9.18 Å². The highest BCUT2D eigenvalue weighted by atomic mass is 35.5. The van der Waals surface area contributed by atoms with Gasteiger partial charge in [0.2, 0.25) is 0 Å². The number of hydrogen-bond donors (Lipinski definition) is 1. The van der Waals surface area contributed by atoms with E-state index in [1.165, 1.54) is 17.7 Å². The third-order valence-electron chi connectivity index (χ3n) is 4.68. The molecule has 0 spiro atoms. The molecule has 3 rings (SSSR count). The molecule has 1 aliphatic heterocycles. The van der Waals surface area contributed by atoms with Gasteiger partial charge in [0.05, 0.1) is 0 Å². The van der Waals surface area contributed by atoms with Crippen LogP contribution in [0.25, 0.3) is 0 Å². The number of benzene rings is 2. The Labute approximate surface area is 158 Å². The third-order valence-corrected chi connectivity index (χ3v) is 4.92. The Morgan fingerprint density at radius 3 is 2.50 bits per heavy atom. The summed E-state index contributed by atoms with van der Waals surface area (Å²) in [6, 6.07) is 12.2. The molecule has 138 valence electrons. The maximum Gasteiger partial charge on any atom is 0.317 e. The summed E-state index contributed by atoms with van der Waals surface area (Å²) in [5, 5.41) is 3.67. The maximum absolute atomic E-state index is 12.9. The Bertz CT molecular complexity index is 758. The number of halogens is 2. The van der Waals surface area contributed by atoms with Crippen LogP contribution in [-0.2, 0) is 6.42 Å². The van der Waals surface area contributed by atoms with Gasteiger partial charge in [-0.3, -0.25) is 0 Å². The lowest BCUT2D eigenvalue weighted by atomic mass is 10.1. The molecule has 26 heavy (non-hydrogen) atoms. The average Bonchev–Trinajstić information content (AvgIpc) is 2.65. The van der Waals surface area contributed by atoms with Crippen molar-refractivity contribution in [3.8, 4) is 0 Å². The van der Waals surface area contributed by atoms with Gasteiger partial charge in [-0.25, -0.2) is 9.18 Å². The van der Waals surface area contributed by atoms with Crippen LogP contribution in [0.4, 0.5) is 14.9 Å². The zero-order valence-corrected chi connectivity index (χ0v) is 15.6. The predicted octanol–water partition coefficient (Wildman–Crippen LogP) is 3.86. The Morgan fingerprint density at radius 1 is 1.12 bits per heavy atom. The number of nitrogens with one attached hydrogen (secondary N) is 1. The zero-order chi connectivity index (χ0) is 18.5. The van der Waals surface area contributed by atoms with Gasteiger partial charge in [0.1, 0.15) is 5.82 Å². The number of carbonyl (C=O) groups excluding carboxylic acids is 1. The van der Waals surface area contributed by atoms with Gasteiger partial charge in [-0.05, 0) is 48.7 Å². The number of rotatable bonds is 4. The lowest BCUT2D eigenvalue weighted by molar-refractivity contribution is 0.194. The highest BCUT2D eigenvalue weighted by Gasteiger charge is 2.21. The Kier molecular flexibility index (Phi) is 5.99. The molecule has 2 aromatic rings. The number of piperazine rings is 1. The maximum atomic E-state index is 12.9. The van der Waals surface area contributed by atoms with Gasteiger partial charge >= 0.3 is 6.03 Å². The smallest absolute Gasteiger partial charge is 0.317 e. The van der Waals surface area contributed by atoms with Crippen molar-refractivity contribution >= 4 is 23.3 Å². The van der Waals surface area contributed by atoms with E-state index in [2.05, 4.69) is 17.1 Å². The summed E-state index contributed by atoms with van der Waals surface area (Å²) in [6.45, 7) is 5.53. The number of carbonyl (C=O) groups is 1. The first-order valence-electron chi connectivity index (χ1n) is 8.81. The Morgan fingerprint density at radius 2 is 1.81 bits per heavy atom. The van der Waals surface area contributed by atoms with Crippen molar-refractivity contribution in [1.29, 1.82) is 0 Å². The van der Waals surface area contributed by atoms with Crippen LogP contribution in [0.15, 0.2) is 42.5 Å².